The molecule has 0 saturated carbocycles. The van der Waals surface area contributed by atoms with Gasteiger partial charge in [-0.05, 0) is 38.5 Å². The SMILES string of the molecule is COc1ccccc1-c1nn(C)c2nc(OCC(=O)N[C@@H](C)C3(C)C=CC(C)=CC3)ccc12. The summed E-state index contributed by atoms with van der Waals surface area (Å²) < 4.78 is 12.9. The average Bonchev–Trinajstić information content (AvgIpc) is 3.15. The second kappa shape index (κ2) is 9.10. The van der Waals surface area contributed by atoms with Crippen molar-refractivity contribution in [2.45, 2.75) is 33.2 Å². The van der Waals surface area contributed by atoms with Crippen molar-refractivity contribution in [2.24, 2.45) is 12.5 Å². The Labute approximate surface area is 194 Å². The van der Waals surface area contributed by atoms with E-state index in [9.17, 15) is 4.79 Å². The molecule has 3 aromatic rings. The van der Waals surface area contributed by atoms with Crippen LogP contribution in [0.4, 0.5) is 0 Å². The Balaban J connectivity index is 1.45. The number of pyridine rings is 1. The third-order valence-electron chi connectivity index (χ3n) is 6.33. The van der Waals surface area contributed by atoms with Crippen LogP contribution in [0.1, 0.15) is 27.2 Å². The minimum Gasteiger partial charge on any atom is -0.496 e. The lowest BCUT2D eigenvalue weighted by molar-refractivity contribution is -0.124. The van der Waals surface area contributed by atoms with Gasteiger partial charge in [-0.1, -0.05) is 42.9 Å². The molecule has 4 rings (SSSR count). The number of amides is 1. The van der Waals surface area contributed by atoms with Gasteiger partial charge in [0.25, 0.3) is 5.91 Å². The predicted octanol–water partition coefficient (Wildman–Crippen LogP) is 4.44. The van der Waals surface area contributed by atoms with Crippen LogP contribution in [0.5, 0.6) is 11.6 Å². The minimum atomic E-state index is -0.176. The maximum absolute atomic E-state index is 12.5. The zero-order valence-electron chi connectivity index (χ0n) is 19.8. The molecule has 0 saturated heterocycles. The van der Waals surface area contributed by atoms with Gasteiger partial charge in [0.15, 0.2) is 12.3 Å². The van der Waals surface area contributed by atoms with Gasteiger partial charge in [-0.15, -0.1) is 0 Å². The van der Waals surface area contributed by atoms with Crippen molar-refractivity contribution >= 4 is 16.9 Å². The first-order chi connectivity index (χ1) is 15.8. The topological polar surface area (TPSA) is 78.3 Å². The molecule has 2 aromatic heterocycles. The molecule has 0 aliphatic heterocycles. The molecule has 7 heteroatoms. The molecule has 0 bridgehead atoms. The van der Waals surface area contributed by atoms with Gasteiger partial charge in [0.2, 0.25) is 5.88 Å². The van der Waals surface area contributed by atoms with Crippen LogP contribution >= 0.6 is 0 Å². The number of nitrogens with one attached hydrogen (secondary N) is 1. The third kappa shape index (κ3) is 4.62. The normalized spacial score (nSPS) is 18.6. The molecular weight excluding hydrogens is 416 g/mol. The fourth-order valence-corrected chi connectivity index (χ4v) is 3.98. The van der Waals surface area contributed by atoms with Crippen LogP contribution in [0.3, 0.4) is 0 Å². The number of hydrogen-bond acceptors (Lipinski definition) is 5. The molecular formula is C26H30N4O3. The van der Waals surface area contributed by atoms with Gasteiger partial charge >= 0.3 is 0 Å². The number of methoxy groups -OCH3 is 1. The summed E-state index contributed by atoms with van der Waals surface area (Å²) in [5.74, 6) is 0.947. The van der Waals surface area contributed by atoms with Crippen LogP contribution < -0.4 is 14.8 Å². The number of allylic oxidation sites excluding steroid dienone is 3. The number of rotatable bonds is 7. The molecule has 33 heavy (non-hydrogen) atoms. The maximum atomic E-state index is 12.5. The fraction of sp³-hybridized carbons (Fsp3) is 0.346. The van der Waals surface area contributed by atoms with Gasteiger partial charge in [-0.3, -0.25) is 4.79 Å². The summed E-state index contributed by atoms with van der Waals surface area (Å²) in [6, 6.07) is 11.4. The number of ether oxygens (including phenoxy) is 2. The van der Waals surface area contributed by atoms with Gasteiger partial charge < -0.3 is 14.8 Å². The van der Waals surface area contributed by atoms with E-state index < -0.39 is 0 Å². The molecule has 1 amide bonds. The summed E-state index contributed by atoms with van der Waals surface area (Å²) in [4.78, 5) is 17.1. The number of fused-ring (bicyclic) bond motifs is 1. The molecule has 0 radical (unpaired) electrons. The van der Waals surface area contributed by atoms with Crippen LogP contribution in [0, 0.1) is 5.41 Å². The number of hydrogen-bond donors (Lipinski definition) is 1. The molecule has 1 N–H and O–H groups in total. The Kier molecular flexibility index (Phi) is 6.22. The van der Waals surface area contributed by atoms with Gasteiger partial charge in [-0.2, -0.15) is 10.1 Å². The van der Waals surface area contributed by atoms with Crippen LogP contribution in [0.15, 0.2) is 60.2 Å². The van der Waals surface area contributed by atoms with Crippen molar-refractivity contribution in [1.82, 2.24) is 20.1 Å². The van der Waals surface area contributed by atoms with E-state index >= 15 is 0 Å². The number of carbonyl (C=O) groups excluding carboxylic acids is 1. The highest BCUT2D eigenvalue weighted by Gasteiger charge is 2.30. The molecule has 1 aliphatic rings. The first-order valence-corrected chi connectivity index (χ1v) is 11.1. The van der Waals surface area contributed by atoms with E-state index in [2.05, 4.69) is 47.5 Å². The largest absolute Gasteiger partial charge is 0.496 e. The highest BCUT2D eigenvalue weighted by Crippen LogP contribution is 2.34. The minimum absolute atomic E-state index is 0.0230. The fourth-order valence-electron chi connectivity index (χ4n) is 3.98. The zero-order valence-corrected chi connectivity index (χ0v) is 19.8. The number of aromatic nitrogens is 3. The summed E-state index contributed by atoms with van der Waals surface area (Å²) >= 11 is 0. The van der Waals surface area contributed by atoms with E-state index in [1.54, 1.807) is 17.9 Å². The highest BCUT2D eigenvalue weighted by atomic mass is 16.5. The molecule has 2 heterocycles. The monoisotopic (exact) mass is 446 g/mol. The molecule has 172 valence electrons. The van der Waals surface area contributed by atoms with Crippen molar-refractivity contribution in [3.8, 4) is 22.9 Å². The van der Waals surface area contributed by atoms with E-state index in [0.717, 1.165) is 28.8 Å². The van der Waals surface area contributed by atoms with Gasteiger partial charge in [-0.25, -0.2) is 4.68 Å². The number of carbonyl (C=O) groups is 1. The summed E-state index contributed by atoms with van der Waals surface area (Å²) in [5, 5.41) is 8.58. The second-order valence-electron chi connectivity index (χ2n) is 8.76. The predicted molar refractivity (Wildman–Crippen MR) is 129 cm³/mol. The first-order valence-electron chi connectivity index (χ1n) is 11.1. The van der Waals surface area contributed by atoms with Crippen molar-refractivity contribution < 1.29 is 14.3 Å². The maximum Gasteiger partial charge on any atom is 0.258 e. The quantitative estimate of drug-likeness (QED) is 0.581. The van der Waals surface area contributed by atoms with Gasteiger partial charge in [0.1, 0.15) is 11.4 Å². The molecule has 2 atom stereocenters. The number of para-hydroxylation sites is 1. The van der Waals surface area contributed by atoms with Crippen LogP contribution in [-0.2, 0) is 11.8 Å². The Bertz CT molecular complexity index is 1240. The lowest BCUT2D eigenvalue weighted by Crippen LogP contribution is -2.45. The summed E-state index contributed by atoms with van der Waals surface area (Å²) in [6.07, 6.45) is 7.37. The second-order valence-corrected chi connectivity index (χ2v) is 8.76. The summed E-state index contributed by atoms with van der Waals surface area (Å²) in [6.45, 7) is 6.15. The van der Waals surface area contributed by atoms with Crippen LogP contribution in [0.2, 0.25) is 0 Å². The van der Waals surface area contributed by atoms with E-state index in [1.807, 2.05) is 44.3 Å². The number of nitrogens with zero attached hydrogens (tertiary/aromatic N) is 3. The molecule has 0 spiro atoms. The van der Waals surface area contributed by atoms with E-state index in [-0.39, 0.29) is 24.0 Å². The van der Waals surface area contributed by atoms with Gasteiger partial charge in [0.05, 0.1) is 7.11 Å². The van der Waals surface area contributed by atoms with Crippen molar-refractivity contribution in [3.05, 3.63) is 60.2 Å². The lowest BCUT2D eigenvalue weighted by atomic mass is 9.76. The summed E-state index contributed by atoms with van der Waals surface area (Å²) in [7, 11) is 3.48. The average molecular weight is 447 g/mol. The smallest absolute Gasteiger partial charge is 0.258 e. The molecule has 1 aliphatic carbocycles. The Morgan fingerprint density at radius 3 is 2.79 bits per heavy atom. The molecule has 7 nitrogen and oxygen atoms in total. The number of aryl methyl sites for hydroxylation is 1. The van der Waals surface area contributed by atoms with E-state index in [1.165, 1.54) is 5.57 Å². The Hall–Kier alpha value is -3.61. The molecule has 0 fully saturated rings. The summed E-state index contributed by atoms with van der Waals surface area (Å²) in [5.41, 5.74) is 3.48. The first kappa shape index (κ1) is 22.6. The van der Waals surface area contributed by atoms with E-state index in [0.29, 0.717) is 11.5 Å². The Morgan fingerprint density at radius 1 is 1.27 bits per heavy atom. The van der Waals surface area contributed by atoms with Crippen LogP contribution in [0.25, 0.3) is 22.3 Å². The third-order valence-corrected chi connectivity index (χ3v) is 6.33. The van der Waals surface area contributed by atoms with Crippen LogP contribution in [-0.4, -0.2) is 40.4 Å². The highest BCUT2D eigenvalue weighted by molar-refractivity contribution is 5.93. The van der Waals surface area contributed by atoms with Crippen molar-refractivity contribution in [2.75, 3.05) is 13.7 Å². The number of benzene rings is 1. The van der Waals surface area contributed by atoms with Gasteiger partial charge in [0, 0.05) is 35.5 Å². The lowest BCUT2D eigenvalue weighted by Gasteiger charge is -2.34. The van der Waals surface area contributed by atoms with Crippen molar-refractivity contribution in [1.29, 1.82) is 0 Å². The van der Waals surface area contributed by atoms with E-state index in [4.69, 9.17) is 9.47 Å². The molecule has 1 unspecified atom stereocenters. The molecule has 1 aromatic carbocycles. The standard InChI is InChI=1S/C26H30N4O3/c1-17-12-14-26(3,15-13-17)18(2)27-22(31)16-33-23-11-10-20-24(29-30(4)25(20)28-23)19-8-6-7-9-21(19)32-5/h6-14,18H,15-16H2,1-5H3,(H,27,31)/t18-,26?/m0/s1. The zero-order chi connectivity index (χ0) is 23.6. The van der Waals surface area contributed by atoms with Crippen molar-refractivity contribution in [3.63, 3.8) is 0 Å². The Morgan fingerprint density at radius 2 is 2.06 bits per heavy atom.